The van der Waals surface area contributed by atoms with E-state index in [9.17, 15) is 18.0 Å². The number of ether oxygens (including phenoxy) is 1. The predicted molar refractivity (Wildman–Crippen MR) is 138 cm³/mol. The maximum atomic E-state index is 13.6. The fraction of sp³-hybridized carbons (Fsp3) is 0.200. The second kappa shape index (κ2) is 11.1. The first kappa shape index (κ1) is 26.5. The molecule has 7 nitrogen and oxygen atoms in total. The van der Waals surface area contributed by atoms with Crippen LogP contribution in [0.25, 0.3) is 0 Å². The van der Waals surface area contributed by atoms with Gasteiger partial charge in [-0.25, -0.2) is 13.2 Å². The summed E-state index contributed by atoms with van der Waals surface area (Å²) in [6, 6.07) is 15.5. The third-order valence-electron chi connectivity index (χ3n) is 5.08. The van der Waals surface area contributed by atoms with Crippen molar-refractivity contribution in [3.05, 3.63) is 87.4 Å². The molecule has 0 saturated heterocycles. The van der Waals surface area contributed by atoms with Gasteiger partial charge in [0.25, 0.3) is 10.0 Å². The summed E-state index contributed by atoms with van der Waals surface area (Å²) >= 11 is 12.3. The van der Waals surface area contributed by atoms with E-state index in [1.807, 2.05) is 6.92 Å². The largest absolute Gasteiger partial charge is 0.462 e. The van der Waals surface area contributed by atoms with Crippen LogP contribution in [0.5, 0.6) is 0 Å². The quantitative estimate of drug-likeness (QED) is 0.378. The number of amides is 1. The second-order valence-electron chi connectivity index (χ2n) is 7.72. The zero-order chi connectivity index (χ0) is 25.8. The lowest BCUT2D eigenvalue weighted by molar-refractivity contribution is -0.114. The molecule has 10 heteroatoms. The van der Waals surface area contributed by atoms with Crippen LogP contribution in [0.2, 0.25) is 10.0 Å². The van der Waals surface area contributed by atoms with Crippen LogP contribution in [0.4, 0.5) is 11.4 Å². The van der Waals surface area contributed by atoms with Crippen molar-refractivity contribution in [1.82, 2.24) is 0 Å². The maximum Gasteiger partial charge on any atom is 0.339 e. The van der Waals surface area contributed by atoms with Crippen LogP contribution in [0.15, 0.2) is 65.6 Å². The van der Waals surface area contributed by atoms with Crippen LogP contribution in [-0.4, -0.2) is 33.4 Å². The summed E-state index contributed by atoms with van der Waals surface area (Å²) < 4.78 is 33.1. The van der Waals surface area contributed by atoms with E-state index in [0.29, 0.717) is 16.3 Å². The fourth-order valence-electron chi connectivity index (χ4n) is 3.29. The van der Waals surface area contributed by atoms with Gasteiger partial charge in [-0.2, -0.15) is 0 Å². The fourth-order valence-corrected chi connectivity index (χ4v) is 5.19. The predicted octanol–water partition coefficient (Wildman–Crippen LogP) is 5.62. The third kappa shape index (κ3) is 6.33. The summed E-state index contributed by atoms with van der Waals surface area (Å²) in [5, 5.41) is 3.06. The Labute approximate surface area is 214 Å². The summed E-state index contributed by atoms with van der Waals surface area (Å²) in [7, 11) is -4.10. The Morgan fingerprint density at radius 1 is 0.971 bits per heavy atom. The number of nitrogens with one attached hydrogen (secondary N) is 1. The smallest absolute Gasteiger partial charge is 0.339 e. The first-order chi connectivity index (χ1) is 16.5. The number of esters is 1. The molecule has 0 radical (unpaired) electrons. The van der Waals surface area contributed by atoms with Gasteiger partial charge in [0.15, 0.2) is 0 Å². The Hall–Kier alpha value is -3.07. The van der Waals surface area contributed by atoms with Crippen molar-refractivity contribution in [3.8, 4) is 0 Å². The number of carbonyl (C=O) groups is 2. The number of halogens is 2. The monoisotopic (exact) mass is 534 g/mol. The molecule has 0 aliphatic rings. The lowest BCUT2D eigenvalue weighted by atomic mass is 10.2. The molecule has 0 bridgehead atoms. The summed E-state index contributed by atoms with van der Waals surface area (Å²) in [6.07, 6.45) is 0. The summed E-state index contributed by atoms with van der Waals surface area (Å²) in [5.74, 6) is -1.19. The standard InChI is InChI=1S/C25H24Cl2N2O5S/c1-4-34-25(31)21-12-9-19(14-22(21)27)28-24(30)15-29(23-13-18(26)8-7-17(23)3)35(32,33)20-10-5-16(2)6-11-20/h5-14H,4,15H2,1-3H3,(H,28,30). The van der Waals surface area contributed by atoms with E-state index >= 15 is 0 Å². The molecule has 35 heavy (non-hydrogen) atoms. The molecule has 0 saturated carbocycles. The van der Waals surface area contributed by atoms with Gasteiger partial charge < -0.3 is 10.1 Å². The summed E-state index contributed by atoms with van der Waals surface area (Å²) in [4.78, 5) is 25.0. The molecule has 3 aromatic carbocycles. The lowest BCUT2D eigenvalue weighted by Crippen LogP contribution is -2.38. The van der Waals surface area contributed by atoms with Crippen LogP contribution in [-0.2, 0) is 19.6 Å². The molecule has 1 amide bonds. The van der Waals surface area contributed by atoms with Gasteiger partial charge in [0.2, 0.25) is 5.91 Å². The number of sulfonamides is 1. The Kier molecular flexibility index (Phi) is 8.43. The number of benzene rings is 3. The molecule has 1 N–H and O–H groups in total. The highest BCUT2D eigenvalue weighted by molar-refractivity contribution is 7.92. The minimum absolute atomic E-state index is 0.0390. The van der Waals surface area contributed by atoms with E-state index in [4.69, 9.17) is 27.9 Å². The van der Waals surface area contributed by atoms with Gasteiger partial charge in [-0.05, 0) is 68.8 Å². The molecule has 0 aromatic heterocycles. The van der Waals surface area contributed by atoms with Gasteiger partial charge in [-0.3, -0.25) is 9.10 Å². The zero-order valence-electron chi connectivity index (χ0n) is 19.3. The number of carbonyl (C=O) groups excluding carboxylic acids is 2. The molecular weight excluding hydrogens is 511 g/mol. The average Bonchev–Trinajstić information content (AvgIpc) is 2.79. The molecule has 0 aliphatic carbocycles. The molecule has 3 rings (SSSR count). The van der Waals surface area contributed by atoms with Crippen molar-refractivity contribution >= 4 is 56.5 Å². The highest BCUT2D eigenvalue weighted by Crippen LogP contribution is 2.30. The Morgan fingerprint density at radius 2 is 1.66 bits per heavy atom. The number of nitrogens with zero attached hydrogens (tertiary/aromatic N) is 1. The van der Waals surface area contributed by atoms with Crippen molar-refractivity contribution in [1.29, 1.82) is 0 Å². The molecule has 184 valence electrons. The van der Waals surface area contributed by atoms with Crippen LogP contribution in [0.1, 0.15) is 28.4 Å². The highest BCUT2D eigenvalue weighted by Gasteiger charge is 2.28. The SMILES string of the molecule is CCOC(=O)c1ccc(NC(=O)CN(c2cc(Cl)ccc2C)S(=O)(=O)c2ccc(C)cc2)cc1Cl. The maximum absolute atomic E-state index is 13.6. The molecule has 0 fully saturated rings. The van der Waals surface area contributed by atoms with Crippen molar-refractivity contribution in [2.75, 3.05) is 22.8 Å². The number of aryl methyl sites for hydroxylation is 2. The molecule has 0 spiro atoms. The minimum Gasteiger partial charge on any atom is -0.462 e. The van der Waals surface area contributed by atoms with Crippen molar-refractivity contribution in [2.24, 2.45) is 0 Å². The molecular formula is C25H24Cl2N2O5S. The second-order valence-corrected chi connectivity index (χ2v) is 10.4. The molecule has 0 unspecified atom stereocenters. The summed E-state index contributed by atoms with van der Waals surface area (Å²) in [5.41, 5.74) is 2.26. The van der Waals surface area contributed by atoms with Gasteiger partial charge >= 0.3 is 5.97 Å². The highest BCUT2D eigenvalue weighted by atomic mass is 35.5. The van der Waals surface area contributed by atoms with Gasteiger partial charge in [0, 0.05) is 10.7 Å². The van der Waals surface area contributed by atoms with Crippen molar-refractivity contribution in [3.63, 3.8) is 0 Å². The number of hydrogen-bond acceptors (Lipinski definition) is 5. The van der Waals surface area contributed by atoms with Gasteiger partial charge in [0.1, 0.15) is 6.54 Å². The van der Waals surface area contributed by atoms with E-state index in [-0.39, 0.29) is 27.8 Å². The number of hydrogen-bond donors (Lipinski definition) is 1. The third-order valence-corrected chi connectivity index (χ3v) is 7.41. The van der Waals surface area contributed by atoms with Crippen molar-refractivity contribution in [2.45, 2.75) is 25.7 Å². The Morgan fingerprint density at radius 3 is 2.29 bits per heavy atom. The number of rotatable bonds is 8. The van der Waals surface area contributed by atoms with Gasteiger partial charge in [0.05, 0.1) is 27.8 Å². The van der Waals surface area contributed by atoms with Gasteiger partial charge in [-0.1, -0.05) is 47.0 Å². The van der Waals surface area contributed by atoms with Crippen LogP contribution >= 0.6 is 23.2 Å². The zero-order valence-corrected chi connectivity index (χ0v) is 21.7. The normalized spacial score (nSPS) is 11.1. The first-order valence-electron chi connectivity index (χ1n) is 10.6. The van der Waals surface area contributed by atoms with Crippen LogP contribution in [0, 0.1) is 13.8 Å². The minimum atomic E-state index is -4.10. The Bertz CT molecular complexity index is 1360. The Balaban J connectivity index is 1.93. The lowest BCUT2D eigenvalue weighted by Gasteiger charge is -2.26. The average molecular weight is 535 g/mol. The van der Waals surface area contributed by atoms with E-state index in [1.54, 1.807) is 38.1 Å². The van der Waals surface area contributed by atoms with E-state index in [2.05, 4.69) is 5.32 Å². The molecule has 0 atom stereocenters. The van der Waals surface area contributed by atoms with Crippen LogP contribution in [0.3, 0.4) is 0 Å². The molecule has 0 heterocycles. The molecule has 3 aromatic rings. The molecule has 0 aliphatic heterocycles. The van der Waals surface area contributed by atoms with Gasteiger partial charge in [-0.15, -0.1) is 0 Å². The van der Waals surface area contributed by atoms with E-state index in [0.717, 1.165) is 9.87 Å². The van der Waals surface area contributed by atoms with Crippen molar-refractivity contribution < 1.29 is 22.7 Å². The van der Waals surface area contributed by atoms with E-state index < -0.39 is 28.4 Å². The topological polar surface area (TPSA) is 92.8 Å². The summed E-state index contributed by atoms with van der Waals surface area (Å²) in [6.45, 7) is 4.94. The van der Waals surface area contributed by atoms with Crippen LogP contribution < -0.4 is 9.62 Å². The van der Waals surface area contributed by atoms with E-state index in [1.165, 1.54) is 36.4 Å². The number of anilines is 2. The first-order valence-corrected chi connectivity index (χ1v) is 12.8.